The molecule has 5 heteroatoms. The Bertz CT molecular complexity index is 446. The van der Waals surface area contributed by atoms with E-state index in [1.54, 1.807) is 4.90 Å². The van der Waals surface area contributed by atoms with Crippen molar-refractivity contribution in [3.05, 3.63) is 29.3 Å². The van der Waals surface area contributed by atoms with Gasteiger partial charge in [-0.1, -0.05) is 13.8 Å². The summed E-state index contributed by atoms with van der Waals surface area (Å²) in [6, 6.07) is 4.22. The van der Waals surface area contributed by atoms with Crippen LogP contribution in [0, 0.1) is 28.9 Å². The minimum absolute atomic E-state index is 0.124. The van der Waals surface area contributed by atoms with Gasteiger partial charge in [0.1, 0.15) is 17.3 Å². The Hall–Kier alpha value is -1.67. The Kier molecular flexibility index (Phi) is 5.71. The second kappa shape index (κ2) is 7.05. The van der Waals surface area contributed by atoms with Crippen molar-refractivity contribution in [2.24, 2.45) is 5.92 Å². The van der Waals surface area contributed by atoms with Crippen LogP contribution >= 0.6 is 0 Å². The Morgan fingerprint density at radius 1 is 1.32 bits per heavy atom. The summed E-state index contributed by atoms with van der Waals surface area (Å²) in [6.07, 6.45) is 0.202. The first kappa shape index (κ1) is 15.4. The smallest absolute Gasteiger partial charge is 0.149 e. The van der Waals surface area contributed by atoms with Crippen molar-refractivity contribution in [1.82, 2.24) is 0 Å². The molecule has 0 bridgehead atoms. The van der Waals surface area contributed by atoms with E-state index in [0.717, 1.165) is 12.1 Å². The molecule has 0 aliphatic carbocycles. The molecule has 0 radical (unpaired) electrons. The second-order valence-corrected chi connectivity index (χ2v) is 4.81. The van der Waals surface area contributed by atoms with Gasteiger partial charge in [-0.3, -0.25) is 0 Å². The fraction of sp³-hybridized carbons (Fsp3) is 0.500. The van der Waals surface area contributed by atoms with Gasteiger partial charge in [0, 0.05) is 13.1 Å². The zero-order valence-corrected chi connectivity index (χ0v) is 11.2. The van der Waals surface area contributed by atoms with Gasteiger partial charge in [0.25, 0.3) is 0 Å². The van der Waals surface area contributed by atoms with E-state index in [-0.39, 0.29) is 30.1 Å². The van der Waals surface area contributed by atoms with Crippen LogP contribution in [0.5, 0.6) is 0 Å². The first-order valence-electron chi connectivity index (χ1n) is 6.20. The van der Waals surface area contributed by atoms with Gasteiger partial charge in [-0.05, 0) is 23.6 Å². The van der Waals surface area contributed by atoms with Crippen molar-refractivity contribution in [2.45, 2.75) is 26.9 Å². The molecule has 0 heterocycles. The number of nitriles is 1. The third-order valence-electron chi connectivity index (χ3n) is 2.65. The molecule has 19 heavy (non-hydrogen) atoms. The number of aliphatic hydroxyl groups is 1. The van der Waals surface area contributed by atoms with E-state index < -0.39 is 18.2 Å². The largest absolute Gasteiger partial charge is 0.392 e. The van der Waals surface area contributed by atoms with Gasteiger partial charge in [0.05, 0.1) is 19.1 Å². The lowest BCUT2D eigenvalue weighted by molar-refractivity contribution is 0.280. The van der Waals surface area contributed by atoms with Gasteiger partial charge in [0.2, 0.25) is 0 Å². The normalized spacial score (nSPS) is 10.6. The van der Waals surface area contributed by atoms with Crippen LogP contribution in [0.2, 0.25) is 0 Å². The molecule has 1 aromatic carbocycles. The van der Waals surface area contributed by atoms with Crippen LogP contribution in [0.25, 0.3) is 0 Å². The van der Waals surface area contributed by atoms with Crippen molar-refractivity contribution in [3.8, 4) is 6.07 Å². The minimum atomic E-state index is -0.706. The van der Waals surface area contributed by atoms with E-state index in [1.165, 1.54) is 0 Å². The summed E-state index contributed by atoms with van der Waals surface area (Å²) < 4.78 is 27.9. The highest BCUT2D eigenvalue weighted by Gasteiger charge is 2.18. The predicted octanol–water partition coefficient (Wildman–Crippen LogP) is 2.83. The fourth-order valence-electron chi connectivity index (χ4n) is 1.93. The number of aliphatic hydroxyl groups excluding tert-OH is 1. The van der Waals surface area contributed by atoms with Crippen molar-refractivity contribution in [1.29, 1.82) is 5.26 Å². The summed E-state index contributed by atoms with van der Waals surface area (Å²) in [5.74, 6) is -1.19. The van der Waals surface area contributed by atoms with E-state index in [2.05, 4.69) is 0 Å². The quantitative estimate of drug-likeness (QED) is 0.863. The number of hydrogen-bond donors (Lipinski definition) is 1. The SMILES string of the molecule is CC(C)CN(CCC#N)c1c(F)cc(CO)cc1F. The van der Waals surface area contributed by atoms with Gasteiger partial charge >= 0.3 is 0 Å². The van der Waals surface area contributed by atoms with Crippen molar-refractivity contribution >= 4 is 5.69 Å². The lowest BCUT2D eigenvalue weighted by Crippen LogP contribution is -2.30. The monoisotopic (exact) mass is 268 g/mol. The number of halogens is 2. The second-order valence-electron chi connectivity index (χ2n) is 4.81. The highest BCUT2D eigenvalue weighted by atomic mass is 19.1. The van der Waals surface area contributed by atoms with Crippen molar-refractivity contribution in [3.63, 3.8) is 0 Å². The maximum absolute atomic E-state index is 14.0. The molecule has 1 aromatic rings. The Balaban J connectivity index is 3.10. The van der Waals surface area contributed by atoms with E-state index in [9.17, 15) is 8.78 Å². The Morgan fingerprint density at radius 2 is 1.89 bits per heavy atom. The number of nitrogens with zero attached hydrogens (tertiary/aromatic N) is 2. The third kappa shape index (κ3) is 4.18. The molecule has 0 aliphatic heterocycles. The van der Waals surface area contributed by atoms with Gasteiger partial charge < -0.3 is 10.0 Å². The number of benzene rings is 1. The van der Waals surface area contributed by atoms with Gasteiger partial charge in [-0.25, -0.2) is 8.78 Å². The Labute approximate surface area is 112 Å². The van der Waals surface area contributed by atoms with Gasteiger partial charge in [-0.2, -0.15) is 5.26 Å². The third-order valence-corrected chi connectivity index (χ3v) is 2.65. The molecule has 0 spiro atoms. The molecule has 1 rings (SSSR count). The molecular formula is C14H18F2N2O. The summed E-state index contributed by atoms with van der Waals surface area (Å²) in [6.45, 7) is 4.22. The zero-order valence-electron chi connectivity index (χ0n) is 11.2. The van der Waals surface area contributed by atoms with E-state index in [0.29, 0.717) is 6.54 Å². The molecule has 0 amide bonds. The first-order valence-corrected chi connectivity index (χ1v) is 6.20. The lowest BCUT2D eigenvalue weighted by atomic mass is 10.1. The molecule has 0 atom stereocenters. The molecular weight excluding hydrogens is 250 g/mol. The average Bonchev–Trinajstić information content (AvgIpc) is 2.33. The zero-order chi connectivity index (χ0) is 14.4. The Morgan fingerprint density at radius 3 is 2.32 bits per heavy atom. The number of rotatable bonds is 6. The number of hydrogen-bond acceptors (Lipinski definition) is 3. The van der Waals surface area contributed by atoms with Crippen LogP contribution in [0.3, 0.4) is 0 Å². The van der Waals surface area contributed by atoms with Crippen molar-refractivity contribution in [2.75, 3.05) is 18.0 Å². The highest BCUT2D eigenvalue weighted by molar-refractivity contribution is 5.50. The molecule has 104 valence electrons. The minimum Gasteiger partial charge on any atom is -0.392 e. The molecule has 0 saturated heterocycles. The summed E-state index contributed by atoms with van der Waals surface area (Å²) in [7, 11) is 0. The van der Waals surface area contributed by atoms with Crippen LogP contribution < -0.4 is 4.90 Å². The summed E-state index contributed by atoms with van der Waals surface area (Å²) >= 11 is 0. The average molecular weight is 268 g/mol. The molecule has 0 aliphatic rings. The summed E-state index contributed by atoms with van der Waals surface area (Å²) in [5, 5.41) is 17.5. The van der Waals surface area contributed by atoms with Gasteiger partial charge in [-0.15, -0.1) is 0 Å². The highest BCUT2D eigenvalue weighted by Crippen LogP contribution is 2.26. The molecule has 0 saturated carbocycles. The molecule has 1 N–H and O–H groups in total. The van der Waals surface area contributed by atoms with Crippen LogP contribution in [-0.4, -0.2) is 18.2 Å². The van der Waals surface area contributed by atoms with Crippen LogP contribution in [0.1, 0.15) is 25.8 Å². The van der Waals surface area contributed by atoms with E-state index in [1.807, 2.05) is 19.9 Å². The van der Waals surface area contributed by atoms with E-state index in [4.69, 9.17) is 10.4 Å². The van der Waals surface area contributed by atoms with Crippen LogP contribution in [-0.2, 0) is 6.61 Å². The maximum atomic E-state index is 14.0. The topological polar surface area (TPSA) is 47.3 Å². The summed E-state index contributed by atoms with van der Waals surface area (Å²) in [4.78, 5) is 1.54. The molecule has 3 nitrogen and oxygen atoms in total. The fourth-order valence-corrected chi connectivity index (χ4v) is 1.93. The molecule has 0 aromatic heterocycles. The van der Waals surface area contributed by atoms with Crippen LogP contribution in [0.15, 0.2) is 12.1 Å². The summed E-state index contributed by atoms with van der Waals surface area (Å²) in [5.41, 5.74) is 0.0738. The molecule has 0 fully saturated rings. The number of anilines is 1. The molecule has 0 unspecified atom stereocenters. The van der Waals surface area contributed by atoms with Crippen molar-refractivity contribution < 1.29 is 13.9 Å². The standard InChI is InChI=1S/C14H18F2N2O/c1-10(2)8-18(5-3-4-17)14-12(15)6-11(9-19)7-13(14)16/h6-7,10,19H,3,5,8-9H2,1-2H3. The maximum Gasteiger partial charge on any atom is 0.149 e. The van der Waals surface area contributed by atoms with E-state index >= 15 is 0 Å². The lowest BCUT2D eigenvalue weighted by Gasteiger charge is -2.26. The van der Waals surface area contributed by atoms with Gasteiger partial charge in [0.15, 0.2) is 0 Å². The first-order chi connectivity index (χ1) is 8.99. The predicted molar refractivity (Wildman–Crippen MR) is 69.6 cm³/mol. The van der Waals surface area contributed by atoms with Crippen LogP contribution in [0.4, 0.5) is 14.5 Å².